The lowest BCUT2D eigenvalue weighted by Gasteiger charge is -2.22. The minimum atomic E-state index is 0.407. The van der Waals surface area contributed by atoms with Crippen molar-refractivity contribution >= 4 is 0 Å². The van der Waals surface area contributed by atoms with E-state index in [1.165, 1.54) is 57.1 Å². The van der Waals surface area contributed by atoms with Gasteiger partial charge in [0.2, 0.25) is 0 Å². The van der Waals surface area contributed by atoms with Crippen LogP contribution in [0.25, 0.3) is 0 Å². The van der Waals surface area contributed by atoms with Crippen molar-refractivity contribution < 1.29 is 0 Å². The van der Waals surface area contributed by atoms with E-state index in [0.29, 0.717) is 18.0 Å². The highest BCUT2D eigenvalue weighted by molar-refractivity contribution is 5.03. The fourth-order valence-electron chi connectivity index (χ4n) is 3.62. The van der Waals surface area contributed by atoms with E-state index < -0.39 is 0 Å². The van der Waals surface area contributed by atoms with Crippen LogP contribution in [0.4, 0.5) is 0 Å². The van der Waals surface area contributed by atoms with E-state index in [0.717, 1.165) is 6.42 Å². The smallest absolute Gasteiger partial charge is 0.0628 e. The minimum Gasteiger partial charge on any atom is -0.327 e. The third-order valence-corrected chi connectivity index (χ3v) is 4.80. The Morgan fingerprint density at radius 2 is 1.94 bits per heavy atom. The van der Waals surface area contributed by atoms with E-state index in [1.807, 2.05) is 0 Å². The van der Waals surface area contributed by atoms with Gasteiger partial charge in [-0.3, -0.25) is 4.68 Å². The molecule has 2 saturated carbocycles. The Balaban J connectivity index is 1.62. The summed E-state index contributed by atoms with van der Waals surface area (Å²) in [7, 11) is 0. The molecule has 1 heterocycles. The molecule has 0 saturated heterocycles. The standard InChI is InChI=1S/C15H25N3/c16-15-8-4-5-12(15)11-13-9-10-18(17-13)14-6-2-1-3-7-14/h9-10,12,14-15H,1-8,11,16H2. The summed E-state index contributed by atoms with van der Waals surface area (Å²) in [6, 6.07) is 3.27. The molecule has 100 valence electrons. The van der Waals surface area contributed by atoms with Crippen molar-refractivity contribution in [1.29, 1.82) is 0 Å². The second-order valence-electron chi connectivity index (χ2n) is 6.14. The van der Waals surface area contributed by atoms with Crippen LogP contribution in [0.2, 0.25) is 0 Å². The number of nitrogens with zero attached hydrogens (tertiary/aromatic N) is 2. The second kappa shape index (κ2) is 5.43. The van der Waals surface area contributed by atoms with Gasteiger partial charge in [-0.1, -0.05) is 25.7 Å². The highest BCUT2D eigenvalue weighted by Gasteiger charge is 2.25. The predicted molar refractivity (Wildman–Crippen MR) is 73.4 cm³/mol. The van der Waals surface area contributed by atoms with Gasteiger partial charge in [0, 0.05) is 12.2 Å². The van der Waals surface area contributed by atoms with Crippen molar-refractivity contribution in [3.8, 4) is 0 Å². The van der Waals surface area contributed by atoms with Crippen LogP contribution in [0, 0.1) is 5.92 Å². The van der Waals surface area contributed by atoms with Gasteiger partial charge >= 0.3 is 0 Å². The van der Waals surface area contributed by atoms with Crippen molar-refractivity contribution in [3.63, 3.8) is 0 Å². The number of nitrogens with two attached hydrogens (primary N) is 1. The first-order valence-electron chi connectivity index (χ1n) is 7.62. The van der Waals surface area contributed by atoms with Crippen LogP contribution in [-0.2, 0) is 6.42 Å². The average Bonchev–Trinajstić information content (AvgIpc) is 3.02. The van der Waals surface area contributed by atoms with E-state index >= 15 is 0 Å². The first-order valence-corrected chi connectivity index (χ1v) is 7.62. The molecule has 0 bridgehead atoms. The van der Waals surface area contributed by atoms with Crippen molar-refractivity contribution in [2.75, 3.05) is 0 Å². The van der Waals surface area contributed by atoms with Gasteiger partial charge in [-0.15, -0.1) is 0 Å². The molecule has 3 rings (SSSR count). The van der Waals surface area contributed by atoms with Crippen molar-refractivity contribution in [2.24, 2.45) is 11.7 Å². The van der Waals surface area contributed by atoms with Gasteiger partial charge in [0.25, 0.3) is 0 Å². The molecular weight excluding hydrogens is 222 g/mol. The third kappa shape index (κ3) is 2.61. The van der Waals surface area contributed by atoms with E-state index in [2.05, 4.69) is 16.9 Å². The number of aromatic nitrogens is 2. The SMILES string of the molecule is NC1CCCC1Cc1ccn(C2CCCCC2)n1. The average molecular weight is 247 g/mol. The van der Waals surface area contributed by atoms with Crippen LogP contribution in [0.1, 0.15) is 63.1 Å². The lowest BCUT2D eigenvalue weighted by Crippen LogP contribution is -2.26. The summed E-state index contributed by atoms with van der Waals surface area (Å²) in [5.74, 6) is 0.666. The Bertz CT molecular complexity index is 379. The highest BCUT2D eigenvalue weighted by atomic mass is 15.3. The van der Waals surface area contributed by atoms with Gasteiger partial charge in [-0.25, -0.2) is 0 Å². The monoisotopic (exact) mass is 247 g/mol. The zero-order chi connectivity index (χ0) is 12.4. The molecule has 2 fully saturated rings. The van der Waals surface area contributed by atoms with Crippen LogP contribution in [0.3, 0.4) is 0 Å². The van der Waals surface area contributed by atoms with E-state index in [-0.39, 0.29) is 0 Å². The zero-order valence-electron chi connectivity index (χ0n) is 11.2. The summed E-state index contributed by atoms with van der Waals surface area (Å²) in [4.78, 5) is 0. The minimum absolute atomic E-state index is 0.407. The summed E-state index contributed by atoms with van der Waals surface area (Å²) < 4.78 is 2.22. The molecule has 0 spiro atoms. The fraction of sp³-hybridized carbons (Fsp3) is 0.800. The first-order chi connectivity index (χ1) is 8.83. The Morgan fingerprint density at radius 3 is 2.67 bits per heavy atom. The van der Waals surface area contributed by atoms with Crippen LogP contribution in [0.15, 0.2) is 12.3 Å². The maximum Gasteiger partial charge on any atom is 0.0628 e. The summed E-state index contributed by atoms with van der Waals surface area (Å²) in [6.07, 6.45) is 13.8. The zero-order valence-corrected chi connectivity index (χ0v) is 11.2. The molecule has 2 aliphatic carbocycles. The maximum absolute atomic E-state index is 6.14. The fourth-order valence-corrected chi connectivity index (χ4v) is 3.62. The van der Waals surface area contributed by atoms with Crippen LogP contribution >= 0.6 is 0 Å². The lowest BCUT2D eigenvalue weighted by molar-refractivity contribution is 0.327. The molecule has 1 aromatic heterocycles. The molecule has 0 radical (unpaired) electrons. The molecule has 18 heavy (non-hydrogen) atoms. The van der Waals surface area contributed by atoms with Crippen molar-refractivity contribution in [2.45, 2.75) is 69.9 Å². The summed E-state index contributed by atoms with van der Waals surface area (Å²) in [6.45, 7) is 0. The van der Waals surface area contributed by atoms with Gasteiger partial charge < -0.3 is 5.73 Å². The van der Waals surface area contributed by atoms with Crippen molar-refractivity contribution in [1.82, 2.24) is 9.78 Å². The Morgan fingerprint density at radius 1 is 1.11 bits per heavy atom. The molecule has 2 aliphatic rings. The molecule has 3 nitrogen and oxygen atoms in total. The van der Waals surface area contributed by atoms with E-state index in [1.54, 1.807) is 0 Å². The van der Waals surface area contributed by atoms with Gasteiger partial charge in [0.15, 0.2) is 0 Å². The Kier molecular flexibility index (Phi) is 3.69. The quantitative estimate of drug-likeness (QED) is 0.892. The normalized spacial score (nSPS) is 29.8. The maximum atomic E-state index is 6.14. The third-order valence-electron chi connectivity index (χ3n) is 4.80. The van der Waals surface area contributed by atoms with Crippen LogP contribution < -0.4 is 5.73 Å². The van der Waals surface area contributed by atoms with Gasteiger partial charge in [-0.2, -0.15) is 5.10 Å². The number of rotatable bonds is 3. The van der Waals surface area contributed by atoms with E-state index in [9.17, 15) is 0 Å². The van der Waals surface area contributed by atoms with Crippen LogP contribution in [0.5, 0.6) is 0 Å². The Labute approximate surface area is 110 Å². The molecule has 2 unspecified atom stereocenters. The summed E-state index contributed by atoms with van der Waals surface area (Å²) >= 11 is 0. The van der Waals surface area contributed by atoms with Gasteiger partial charge in [0.1, 0.15) is 0 Å². The molecular formula is C15H25N3. The topological polar surface area (TPSA) is 43.8 Å². The van der Waals surface area contributed by atoms with E-state index in [4.69, 9.17) is 10.8 Å². The highest BCUT2D eigenvalue weighted by Crippen LogP contribution is 2.29. The molecule has 0 aromatic carbocycles. The Hall–Kier alpha value is -0.830. The molecule has 2 atom stereocenters. The van der Waals surface area contributed by atoms with Crippen molar-refractivity contribution in [3.05, 3.63) is 18.0 Å². The van der Waals surface area contributed by atoms with Gasteiger partial charge in [0.05, 0.1) is 11.7 Å². The first kappa shape index (κ1) is 12.2. The largest absolute Gasteiger partial charge is 0.327 e. The molecule has 0 aliphatic heterocycles. The number of hydrogen-bond acceptors (Lipinski definition) is 2. The molecule has 3 heteroatoms. The second-order valence-corrected chi connectivity index (χ2v) is 6.14. The van der Waals surface area contributed by atoms with Gasteiger partial charge in [-0.05, 0) is 44.1 Å². The lowest BCUT2D eigenvalue weighted by atomic mass is 9.96. The predicted octanol–water partition coefficient (Wildman–Crippen LogP) is 3.06. The molecule has 2 N–H and O–H groups in total. The molecule has 0 amide bonds. The summed E-state index contributed by atoms with van der Waals surface area (Å²) in [5.41, 5.74) is 7.39. The number of hydrogen-bond donors (Lipinski definition) is 1. The van der Waals surface area contributed by atoms with Crippen LogP contribution in [-0.4, -0.2) is 15.8 Å². The molecule has 1 aromatic rings. The summed E-state index contributed by atoms with van der Waals surface area (Å²) in [5, 5.41) is 4.79.